The Morgan fingerprint density at radius 1 is 1.10 bits per heavy atom. The molecule has 3 N–H and O–H groups in total. The van der Waals surface area contributed by atoms with Crippen molar-refractivity contribution in [2.24, 2.45) is 0 Å². The van der Waals surface area contributed by atoms with Gasteiger partial charge in [0, 0.05) is 30.1 Å². The number of hydrogen-bond donors (Lipinski definition) is 3. The van der Waals surface area contributed by atoms with Crippen LogP contribution in [0.5, 0.6) is 17.2 Å². The lowest BCUT2D eigenvalue weighted by Crippen LogP contribution is -2.26. The Balaban J connectivity index is 1.75. The van der Waals surface area contributed by atoms with Crippen molar-refractivity contribution in [3.05, 3.63) is 53.6 Å². The maximum absolute atomic E-state index is 9.81. The van der Waals surface area contributed by atoms with Crippen molar-refractivity contribution in [3.63, 3.8) is 0 Å². The molecule has 0 spiro atoms. The smallest absolute Gasteiger partial charge is 0.161 e. The summed E-state index contributed by atoms with van der Waals surface area (Å²) in [4.78, 5) is 0. The minimum Gasteiger partial charge on any atom is -0.504 e. The minimum absolute atomic E-state index is 0.0552. The van der Waals surface area contributed by atoms with Crippen molar-refractivity contribution in [3.8, 4) is 17.2 Å². The maximum Gasteiger partial charge on any atom is 0.161 e. The monoisotopic (exact) mass is 271 g/mol. The van der Waals surface area contributed by atoms with E-state index in [0.717, 1.165) is 17.7 Å². The third-order valence-corrected chi connectivity index (χ3v) is 3.60. The molecule has 104 valence electrons. The number of para-hydroxylation sites is 2. The van der Waals surface area contributed by atoms with Crippen molar-refractivity contribution >= 4 is 0 Å². The summed E-state index contributed by atoms with van der Waals surface area (Å²) in [7, 11) is 0. The van der Waals surface area contributed by atoms with E-state index in [9.17, 15) is 10.2 Å². The first kappa shape index (κ1) is 12.8. The van der Waals surface area contributed by atoms with Crippen LogP contribution in [-0.2, 0) is 6.54 Å². The Morgan fingerprint density at radius 3 is 2.85 bits per heavy atom. The van der Waals surface area contributed by atoms with Crippen LogP contribution in [0.3, 0.4) is 0 Å². The molecule has 2 aromatic carbocycles. The number of ether oxygens (including phenoxy) is 1. The summed E-state index contributed by atoms with van der Waals surface area (Å²) in [6.45, 7) is 1.18. The van der Waals surface area contributed by atoms with Crippen LogP contribution < -0.4 is 10.1 Å². The van der Waals surface area contributed by atoms with Crippen LogP contribution in [0.1, 0.15) is 23.6 Å². The zero-order valence-corrected chi connectivity index (χ0v) is 11.0. The van der Waals surface area contributed by atoms with Gasteiger partial charge in [-0.25, -0.2) is 0 Å². The second-order valence-corrected chi connectivity index (χ2v) is 4.89. The molecule has 3 rings (SSSR count). The summed E-state index contributed by atoms with van der Waals surface area (Å²) in [5, 5.41) is 22.7. The van der Waals surface area contributed by atoms with Crippen molar-refractivity contribution in [1.82, 2.24) is 5.32 Å². The van der Waals surface area contributed by atoms with E-state index >= 15 is 0 Å². The third-order valence-electron chi connectivity index (χ3n) is 3.60. The van der Waals surface area contributed by atoms with Gasteiger partial charge in [-0.3, -0.25) is 0 Å². The summed E-state index contributed by atoms with van der Waals surface area (Å²) >= 11 is 0. The van der Waals surface area contributed by atoms with Crippen molar-refractivity contribution in [1.29, 1.82) is 0 Å². The van der Waals surface area contributed by atoms with Crippen LogP contribution in [0.25, 0.3) is 0 Å². The Labute approximate surface area is 117 Å². The fourth-order valence-electron chi connectivity index (χ4n) is 2.51. The quantitative estimate of drug-likeness (QED) is 0.751. The van der Waals surface area contributed by atoms with E-state index in [1.807, 2.05) is 18.2 Å². The molecular formula is C16H17NO3. The Hall–Kier alpha value is -2.20. The van der Waals surface area contributed by atoms with Crippen LogP contribution in [0, 0.1) is 0 Å². The number of aromatic hydroxyl groups is 2. The van der Waals surface area contributed by atoms with Gasteiger partial charge in [0.1, 0.15) is 5.75 Å². The number of benzene rings is 2. The zero-order chi connectivity index (χ0) is 13.9. The lowest BCUT2D eigenvalue weighted by molar-refractivity contribution is 0.252. The fraction of sp³-hybridized carbons (Fsp3) is 0.250. The summed E-state index contributed by atoms with van der Waals surface area (Å²) < 4.78 is 5.62. The first-order valence-electron chi connectivity index (χ1n) is 6.70. The topological polar surface area (TPSA) is 61.7 Å². The predicted octanol–water partition coefficient (Wildman–Crippen LogP) is 2.71. The second-order valence-electron chi connectivity index (χ2n) is 4.89. The minimum atomic E-state index is -0.0864. The summed E-state index contributed by atoms with van der Waals surface area (Å²) in [6.07, 6.45) is 0.886. The van der Waals surface area contributed by atoms with Gasteiger partial charge in [-0.15, -0.1) is 0 Å². The van der Waals surface area contributed by atoms with Crippen LogP contribution in [0.15, 0.2) is 42.5 Å². The number of rotatable bonds is 3. The fourth-order valence-corrected chi connectivity index (χ4v) is 2.51. The largest absolute Gasteiger partial charge is 0.504 e. The molecule has 20 heavy (non-hydrogen) atoms. The molecule has 0 saturated heterocycles. The summed E-state index contributed by atoms with van der Waals surface area (Å²) in [5.41, 5.74) is 1.83. The second kappa shape index (κ2) is 5.43. The van der Waals surface area contributed by atoms with Gasteiger partial charge in [0.15, 0.2) is 11.5 Å². The molecule has 1 unspecified atom stereocenters. The molecule has 1 heterocycles. The van der Waals surface area contributed by atoms with E-state index in [0.29, 0.717) is 18.7 Å². The summed E-state index contributed by atoms with van der Waals surface area (Å²) in [5.74, 6) is 0.772. The molecule has 0 bridgehead atoms. The van der Waals surface area contributed by atoms with E-state index in [1.54, 1.807) is 12.1 Å². The molecule has 4 heteroatoms. The van der Waals surface area contributed by atoms with Crippen molar-refractivity contribution in [2.45, 2.75) is 19.0 Å². The SMILES string of the molecule is Oc1cccc(CNC2CCOc3ccccc32)c1O. The van der Waals surface area contributed by atoms with Gasteiger partial charge in [0.2, 0.25) is 0 Å². The molecule has 0 aliphatic carbocycles. The van der Waals surface area contributed by atoms with Gasteiger partial charge < -0.3 is 20.3 Å². The first-order chi connectivity index (χ1) is 9.75. The van der Waals surface area contributed by atoms with E-state index in [4.69, 9.17) is 4.74 Å². The maximum atomic E-state index is 9.81. The van der Waals surface area contributed by atoms with Gasteiger partial charge >= 0.3 is 0 Å². The van der Waals surface area contributed by atoms with E-state index in [-0.39, 0.29) is 17.5 Å². The van der Waals surface area contributed by atoms with Crippen LogP contribution in [0.2, 0.25) is 0 Å². The van der Waals surface area contributed by atoms with Crippen molar-refractivity contribution in [2.75, 3.05) is 6.61 Å². The van der Waals surface area contributed by atoms with Gasteiger partial charge in [-0.05, 0) is 12.1 Å². The number of hydrogen-bond acceptors (Lipinski definition) is 4. The van der Waals surface area contributed by atoms with Gasteiger partial charge in [-0.1, -0.05) is 30.3 Å². The molecule has 0 amide bonds. The molecule has 1 aliphatic rings. The highest BCUT2D eigenvalue weighted by Gasteiger charge is 2.20. The van der Waals surface area contributed by atoms with E-state index in [1.165, 1.54) is 6.07 Å². The molecule has 0 radical (unpaired) electrons. The summed E-state index contributed by atoms with van der Waals surface area (Å²) in [6, 6.07) is 13.2. The average molecular weight is 271 g/mol. The van der Waals surface area contributed by atoms with E-state index < -0.39 is 0 Å². The standard InChI is InChI=1S/C16H17NO3/c18-14-6-3-4-11(16(14)19)10-17-13-8-9-20-15-7-2-1-5-12(13)15/h1-7,13,17-19H,8-10H2. The lowest BCUT2D eigenvalue weighted by Gasteiger charge is -2.26. The lowest BCUT2D eigenvalue weighted by atomic mass is 10.0. The van der Waals surface area contributed by atoms with Gasteiger partial charge in [0.25, 0.3) is 0 Å². The molecule has 4 nitrogen and oxygen atoms in total. The molecule has 0 fully saturated rings. The van der Waals surface area contributed by atoms with Gasteiger partial charge in [0.05, 0.1) is 6.61 Å². The Bertz CT molecular complexity index is 612. The molecule has 0 saturated carbocycles. The highest BCUT2D eigenvalue weighted by Crippen LogP contribution is 2.33. The third kappa shape index (κ3) is 2.42. The zero-order valence-electron chi connectivity index (χ0n) is 11.0. The van der Waals surface area contributed by atoms with Crippen molar-refractivity contribution < 1.29 is 14.9 Å². The highest BCUT2D eigenvalue weighted by atomic mass is 16.5. The first-order valence-corrected chi connectivity index (χ1v) is 6.70. The highest BCUT2D eigenvalue weighted by molar-refractivity contribution is 5.44. The molecular weight excluding hydrogens is 254 g/mol. The number of phenols is 2. The van der Waals surface area contributed by atoms with E-state index in [2.05, 4.69) is 11.4 Å². The molecule has 0 aromatic heterocycles. The Kier molecular flexibility index (Phi) is 3.48. The molecule has 1 atom stereocenters. The Morgan fingerprint density at radius 2 is 1.95 bits per heavy atom. The predicted molar refractivity (Wildman–Crippen MR) is 75.9 cm³/mol. The molecule has 2 aromatic rings. The van der Waals surface area contributed by atoms with Crippen LogP contribution in [-0.4, -0.2) is 16.8 Å². The average Bonchev–Trinajstić information content (AvgIpc) is 2.49. The number of phenolic OH excluding ortho intramolecular Hbond substituents is 2. The number of fused-ring (bicyclic) bond motifs is 1. The van der Waals surface area contributed by atoms with Gasteiger partial charge in [-0.2, -0.15) is 0 Å². The normalized spacial score (nSPS) is 17.3. The van der Waals surface area contributed by atoms with Crippen LogP contribution in [0.4, 0.5) is 0 Å². The number of nitrogens with one attached hydrogen (secondary N) is 1. The van der Waals surface area contributed by atoms with Crippen LogP contribution >= 0.6 is 0 Å². The molecule has 1 aliphatic heterocycles.